The van der Waals surface area contributed by atoms with Gasteiger partial charge in [0, 0.05) is 26.2 Å². The van der Waals surface area contributed by atoms with Crippen molar-refractivity contribution in [3.05, 3.63) is 0 Å². The lowest BCUT2D eigenvalue weighted by Crippen LogP contribution is -2.43. The summed E-state index contributed by atoms with van der Waals surface area (Å²) in [6, 6.07) is 0. The standard InChI is InChI=1S/C16H32N4O3S.HI/c1-3-17-15(19-13-16(2)8-5-10-23-16)18-9-11-24(21,22)20-12-14-6-4-7-14;/h14,20H,3-13H2,1-2H3,(H2,17,18,19);1H. The van der Waals surface area contributed by atoms with E-state index in [-0.39, 0.29) is 35.3 Å². The van der Waals surface area contributed by atoms with Crippen LogP contribution in [0, 0.1) is 5.92 Å². The van der Waals surface area contributed by atoms with E-state index >= 15 is 0 Å². The van der Waals surface area contributed by atoms with Gasteiger partial charge in [0.15, 0.2) is 5.96 Å². The van der Waals surface area contributed by atoms with Crippen LogP contribution < -0.4 is 15.4 Å². The highest BCUT2D eigenvalue weighted by atomic mass is 127. The maximum Gasteiger partial charge on any atom is 0.213 e. The van der Waals surface area contributed by atoms with Crippen molar-refractivity contribution in [2.75, 3.05) is 38.5 Å². The molecule has 0 aromatic heterocycles. The van der Waals surface area contributed by atoms with Crippen molar-refractivity contribution in [1.82, 2.24) is 15.4 Å². The Hall–Kier alpha value is -0.130. The van der Waals surface area contributed by atoms with E-state index in [0.717, 1.165) is 38.8 Å². The molecule has 0 aromatic carbocycles. The van der Waals surface area contributed by atoms with E-state index in [4.69, 9.17) is 4.74 Å². The lowest BCUT2D eigenvalue weighted by atomic mass is 9.86. The van der Waals surface area contributed by atoms with Gasteiger partial charge in [0.2, 0.25) is 10.0 Å². The van der Waals surface area contributed by atoms with E-state index in [0.29, 0.717) is 31.5 Å². The summed E-state index contributed by atoms with van der Waals surface area (Å²) >= 11 is 0. The molecule has 25 heavy (non-hydrogen) atoms. The number of hydrogen-bond donors (Lipinski definition) is 3. The first-order valence-electron chi connectivity index (χ1n) is 9.06. The Morgan fingerprint density at radius 1 is 1.28 bits per heavy atom. The third-order valence-corrected chi connectivity index (χ3v) is 6.04. The molecule has 148 valence electrons. The normalized spacial score (nSPS) is 24.5. The lowest BCUT2D eigenvalue weighted by Gasteiger charge is -2.25. The van der Waals surface area contributed by atoms with Gasteiger partial charge in [-0.3, -0.25) is 4.99 Å². The van der Waals surface area contributed by atoms with Gasteiger partial charge in [-0.1, -0.05) is 6.42 Å². The molecule has 0 amide bonds. The molecule has 1 atom stereocenters. The van der Waals surface area contributed by atoms with Gasteiger partial charge in [-0.2, -0.15) is 0 Å². The molecule has 2 aliphatic rings. The molecule has 0 bridgehead atoms. The molecule has 1 saturated heterocycles. The van der Waals surface area contributed by atoms with Crippen LogP contribution in [0.2, 0.25) is 0 Å². The average molecular weight is 488 g/mol. The molecule has 1 heterocycles. The third kappa shape index (κ3) is 8.40. The van der Waals surface area contributed by atoms with E-state index in [1.807, 2.05) is 6.92 Å². The maximum absolute atomic E-state index is 12.0. The van der Waals surface area contributed by atoms with Gasteiger partial charge >= 0.3 is 0 Å². The first kappa shape index (κ1) is 22.9. The van der Waals surface area contributed by atoms with Crippen LogP contribution in [0.15, 0.2) is 4.99 Å². The highest BCUT2D eigenvalue weighted by molar-refractivity contribution is 14.0. The molecule has 0 spiro atoms. The monoisotopic (exact) mass is 488 g/mol. The van der Waals surface area contributed by atoms with Crippen LogP contribution in [0.25, 0.3) is 0 Å². The van der Waals surface area contributed by atoms with Gasteiger partial charge in [-0.25, -0.2) is 13.1 Å². The van der Waals surface area contributed by atoms with Crippen LogP contribution >= 0.6 is 24.0 Å². The quantitative estimate of drug-likeness (QED) is 0.260. The van der Waals surface area contributed by atoms with Crippen molar-refractivity contribution >= 4 is 40.0 Å². The van der Waals surface area contributed by atoms with Gasteiger partial charge in [0.05, 0.1) is 17.9 Å². The topological polar surface area (TPSA) is 91.8 Å². The van der Waals surface area contributed by atoms with Crippen molar-refractivity contribution in [3.8, 4) is 0 Å². The predicted octanol–water partition coefficient (Wildman–Crippen LogP) is 1.45. The highest BCUT2D eigenvalue weighted by Gasteiger charge is 2.29. The summed E-state index contributed by atoms with van der Waals surface area (Å²) in [5.41, 5.74) is -0.196. The number of aliphatic imine (C=N–C) groups is 1. The summed E-state index contributed by atoms with van der Waals surface area (Å²) in [7, 11) is -3.23. The minimum absolute atomic E-state index is 0. The molecule has 1 unspecified atom stereocenters. The summed E-state index contributed by atoms with van der Waals surface area (Å²) < 4.78 is 32.4. The molecule has 7 nitrogen and oxygen atoms in total. The molecule has 3 N–H and O–H groups in total. The van der Waals surface area contributed by atoms with E-state index in [1.54, 1.807) is 0 Å². The fourth-order valence-corrected chi connectivity index (χ4v) is 3.87. The maximum atomic E-state index is 12.0. The molecule has 1 aliphatic carbocycles. The van der Waals surface area contributed by atoms with Crippen LogP contribution in [0.5, 0.6) is 0 Å². The second-order valence-corrected chi connectivity index (χ2v) is 8.91. The van der Waals surface area contributed by atoms with Crippen molar-refractivity contribution < 1.29 is 13.2 Å². The Bertz CT molecular complexity index is 517. The lowest BCUT2D eigenvalue weighted by molar-refractivity contribution is 0.0283. The first-order chi connectivity index (χ1) is 11.4. The smallest absolute Gasteiger partial charge is 0.213 e. The summed E-state index contributed by atoms with van der Waals surface area (Å²) in [4.78, 5) is 4.54. The summed E-state index contributed by atoms with van der Waals surface area (Å²) in [6.07, 6.45) is 5.58. The summed E-state index contributed by atoms with van der Waals surface area (Å²) in [5, 5.41) is 6.24. The van der Waals surface area contributed by atoms with Crippen LogP contribution in [0.4, 0.5) is 0 Å². The second kappa shape index (κ2) is 10.9. The zero-order valence-corrected chi connectivity index (χ0v) is 18.5. The van der Waals surface area contributed by atoms with E-state index in [9.17, 15) is 8.42 Å². The van der Waals surface area contributed by atoms with Crippen LogP contribution in [0.3, 0.4) is 0 Å². The Morgan fingerprint density at radius 3 is 2.60 bits per heavy atom. The molecule has 2 fully saturated rings. The van der Waals surface area contributed by atoms with E-state index < -0.39 is 10.0 Å². The number of nitrogens with zero attached hydrogens (tertiary/aromatic N) is 1. The molecular formula is C16H33IN4O3S. The molecular weight excluding hydrogens is 455 g/mol. The van der Waals surface area contributed by atoms with Crippen LogP contribution in [-0.2, 0) is 14.8 Å². The summed E-state index contributed by atoms with van der Waals surface area (Å²) in [6.45, 7) is 7.07. The van der Waals surface area contributed by atoms with Gasteiger partial charge in [0.25, 0.3) is 0 Å². The third-order valence-electron chi connectivity index (χ3n) is 4.70. The average Bonchev–Trinajstić information content (AvgIpc) is 2.90. The van der Waals surface area contributed by atoms with Crippen LogP contribution in [0.1, 0.15) is 46.0 Å². The molecule has 1 aliphatic heterocycles. The minimum atomic E-state index is -3.23. The number of rotatable bonds is 9. The summed E-state index contributed by atoms with van der Waals surface area (Å²) in [5.74, 6) is 1.22. The minimum Gasteiger partial charge on any atom is -0.373 e. The molecule has 1 saturated carbocycles. The number of guanidine groups is 1. The Balaban J connectivity index is 0.00000312. The van der Waals surface area contributed by atoms with Crippen molar-refractivity contribution in [2.45, 2.75) is 51.6 Å². The van der Waals surface area contributed by atoms with Gasteiger partial charge < -0.3 is 15.4 Å². The number of nitrogens with one attached hydrogen (secondary N) is 3. The first-order valence-corrected chi connectivity index (χ1v) is 10.7. The number of sulfonamides is 1. The fourth-order valence-electron chi connectivity index (χ4n) is 2.87. The van der Waals surface area contributed by atoms with E-state index in [1.165, 1.54) is 6.42 Å². The van der Waals surface area contributed by atoms with Gasteiger partial charge in [0.1, 0.15) is 0 Å². The SMILES string of the molecule is CCNC(=NCC1(C)CCCO1)NCCS(=O)(=O)NCC1CCC1.I. The largest absolute Gasteiger partial charge is 0.373 e. The molecule has 9 heteroatoms. The number of hydrogen-bond acceptors (Lipinski definition) is 4. The van der Waals surface area contributed by atoms with Gasteiger partial charge in [-0.05, 0) is 45.4 Å². The Kier molecular flexibility index (Phi) is 9.97. The number of halogens is 1. The van der Waals surface area contributed by atoms with Crippen molar-refractivity contribution in [2.24, 2.45) is 10.9 Å². The molecule has 2 rings (SSSR count). The van der Waals surface area contributed by atoms with Crippen LogP contribution in [-0.4, -0.2) is 58.5 Å². The van der Waals surface area contributed by atoms with Crippen molar-refractivity contribution in [3.63, 3.8) is 0 Å². The fraction of sp³-hybridized carbons (Fsp3) is 0.938. The van der Waals surface area contributed by atoms with Crippen molar-refractivity contribution in [1.29, 1.82) is 0 Å². The zero-order chi connectivity index (χ0) is 17.5. The predicted molar refractivity (Wildman–Crippen MR) is 112 cm³/mol. The number of ether oxygens (including phenoxy) is 1. The zero-order valence-electron chi connectivity index (χ0n) is 15.3. The highest BCUT2D eigenvalue weighted by Crippen LogP contribution is 2.25. The van der Waals surface area contributed by atoms with E-state index in [2.05, 4.69) is 27.3 Å². The molecule has 0 radical (unpaired) electrons. The Labute approximate surface area is 169 Å². The second-order valence-electron chi connectivity index (χ2n) is 6.99. The Morgan fingerprint density at radius 2 is 2.04 bits per heavy atom. The van der Waals surface area contributed by atoms with Gasteiger partial charge in [-0.15, -0.1) is 24.0 Å². The molecule has 0 aromatic rings.